The van der Waals surface area contributed by atoms with Gasteiger partial charge in [-0.05, 0) is 78.9 Å². The Kier molecular flexibility index (Phi) is 7.89. The molecule has 4 fully saturated rings. The van der Waals surface area contributed by atoms with Crippen LogP contribution in [0.5, 0.6) is 0 Å². The highest BCUT2D eigenvalue weighted by molar-refractivity contribution is 7.86. The molecule has 0 aromatic carbocycles. The minimum atomic E-state index is -5.97. The molecule has 4 aliphatic rings. The third-order valence-corrected chi connectivity index (χ3v) is 11.9. The molecule has 0 aromatic heterocycles. The van der Waals surface area contributed by atoms with E-state index in [2.05, 4.69) is 18.6 Å². The second-order valence-corrected chi connectivity index (χ2v) is 14.3. The topological polar surface area (TPSA) is 115 Å². The summed E-state index contributed by atoms with van der Waals surface area (Å²) in [6.45, 7) is 5.08. The fourth-order valence-corrected chi connectivity index (χ4v) is 9.13. The maximum atomic E-state index is 13.6. The Morgan fingerprint density at radius 1 is 1.11 bits per heavy atom. The summed E-state index contributed by atoms with van der Waals surface area (Å²) in [6.07, 6.45) is 3.07. The van der Waals surface area contributed by atoms with Crippen LogP contribution in [-0.4, -0.2) is 48.5 Å². The van der Waals surface area contributed by atoms with Crippen molar-refractivity contribution in [3.8, 4) is 0 Å². The molecule has 216 valence electrons. The lowest BCUT2D eigenvalue weighted by Crippen LogP contribution is -2.57. The van der Waals surface area contributed by atoms with Crippen molar-refractivity contribution in [1.29, 1.82) is 0 Å². The fraction of sp³-hybridized carbons (Fsp3) is 0.889. The van der Waals surface area contributed by atoms with Gasteiger partial charge in [0, 0.05) is 31.6 Å². The molecule has 0 amide bonds. The van der Waals surface area contributed by atoms with E-state index in [4.69, 9.17) is 4.55 Å². The number of hydrogen-bond acceptors (Lipinski definition) is 6. The van der Waals surface area contributed by atoms with E-state index in [1.165, 1.54) is 0 Å². The van der Waals surface area contributed by atoms with Crippen molar-refractivity contribution in [3.63, 3.8) is 0 Å². The molecule has 9 atom stereocenters. The van der Waals surface area contributed by atoms with Gasteiger partial charge in [0.05, 0.1) is 0 Å². The van der Waals surface area contributed by atoms with Crippen LogP contribution in [0.3, 0.4) is 0 Å². The number of esters is 1. The molecule has 7 nitrogen and oxygen atoms in total. The van der Waals surface area contributed by atoms with Crippen LogP contribution in [0.25, 0.3) is 0 Å². The van der Waals surface area contributed by atoms with Crippen LogP contribution in [0, 0.1) is 46.3 Å². The highest BCUT2D eigenvalue weighted by Gasteiger charge is 2.63. The van der Waals surface area contributed by atoms with Gasteiger partial charge >= 0.3 is 21.3 Å². The van der Waals surface area contributed by atoms with Crippen molar-refractivity contribution in [1.82, 2.24) is 0 Å². The zero-order valence-corrected chi connectivity index (χ0v) is 23.1. The first kappa shape index (κ1) is 29.5. The maximum Gasteiger partial charge on any atom is 0.403 e. The summed E-state index contributed by atoms with van der Waals surface area (Å²) < 4.78 is 74.6. The molecule has 0 aromatic rings. The summed E-state index contributed by atoms with van der Waals surface area (Å²) in [4.78, 5) is 37.7. The van der Waals surface area contributed by atoms with Gasteiger partial charge in [0.25, 0.3) is 0 Å². The zero-order valence-electron chi connectivity index (χ0n) is 22.3. The molecular weight excluding hydrogens is 525 g/mol. The Balaban J connectivity index is 1.36. The number of fused-ring (bicyclic) bond motifs is 5. The highest BCUT2D eigenvalue weighted by Crippen LogP contribution is 2.67. The Morgan fingerprint density at radius 3 is 2.42 bits per heavy atom. The predicted octanol–water partition coefficient (Wildman–Crippen LogP) is 5.17. The minimum Gasteiger partial charge on any atom is -0.462 e. The highest BCUT2D eigenvalue weighted by atomic mass is 32.2. The lowest BCUT2D eigenvalue weighted by atomic mass is 9.44. The van der Waals surface area contributed by atoms with E-state index in [1.54, 1.807) is 0 Å². The number of halogens is 3. The molecule has 38 heavy (non-hydrogen) atoms. The zero-order chi connectivity index (χ0) is 28.3. The van der Waals surface area contributed by atoms with Gasteiger partial charge in [0.15, 0.2) is 0 Å². The van der Waals surface area contributed by atoms with E-state index < -0.39 is 34.1 Å². The number of alkyl halides is 3. The molecule has 4 rings (SSSR count). The van der Waals surface area contributed by atoms with Crippen LogP contribution in [0.4, 0.5) is 13.2 Å². The molecule has 0 bridgehead atoms. The molecule has 4 saturated carbocycles. The van der Waals surface area contributed by atoms with Crippen molar-refractivity contribution >= 4 is 27.7 Å². The lowest BCUT2D eigenvalue weighted by Gasteiger charge is -2.59. The summed E-state index contributed by atoms with van der Waals surface area (Å²) in [6, 6.07) is 0. The van der Waals surface area contributed by atoms with Gasteiger partial charge in [0.2, 0.25) is 6.17 Å². The Hall–Kier alpha value is -1.49. The van der Waals surface area contributed by atoms with Gasteiger partial charge in [-0.1, -0.05) is 20.8 Å². The molecule has 0 radical (unpaired) electrons. The summed E-state index contributed by atoms with van der Waals surface area (Å²) in [7, 11) is -5.97. The molecule has 1 N–H and O–H groups in total. The number of ether oxygens (including phenoxy) is 1. The molecular formula is C27H39F3O7S. The summed E-state index contributed by atoms with van der Waals surface area (Å²) in [5.74, 6) is 0.652. The van der Waals surface area contributed by atoms with Crippen molar-refractivity contribution in [2.24, 2.45) is 46.3 Å². The van der Waals surface area contributed by atoms with Crippen LogP contribution < -0.4 is 0 Å². The number of carbonyl (C=O) groups is 3. The van der Waals surface area contributed by atoms with Gasteiger partial charge < -0.3 is 4.74 Å². The molecule has 0 saturated heterocycles. The van der Waals surface area contributed by atoms with Gasteiger partial charge in [-0.3, -0.25) is 18.9 Å². The molecule has 4 aliphatic carbocycles. The standard InChI is InChI=1S/C27H39F3O7S/c1-15(4-7-23(33)37-14-22(28)27(29,30)38(34,35)36)18-5-6-19-24-20(9-11-26(18,19)3)25(2)10-8-17(31)12-16(25)13-21(24)32/h15-16,18-20,22,24H,4-14H2,1-3H3,(H,34,35,36)/t15-,16+,18-,19+,20+,22?,24+,25+,26-/m1/s1. The van der Waals surface area contributed by atoms with Crippen LogP contribution >= 0.6 is 0 Å². The number of rotatable bonds is 8. The first-order valence-electron chi connectivity index (χ1n) is 13.7. The lowest BCUT2D eigenvalue weighted by molar-refractivity contribution is -0.159. The van der Waals surface area contributed by atoms with E-state index in [0.717, 1.165) is 32.1 Å². The van der Waals surface area contributed by atoms with Crippen molar-refractivity contribution in [2.75, 3.05) is 6.61 Å². The summed E-state index contributed by atoms with van der Waals surface area (Å²) in [5.41, 5.74) is -0.0584. The van der Waals surface area contributed by atoms with Crippen LogP contribution in [0.15, 0.2) is 0 Å². The monoisotopic (exact) mass is 564 g/mol. The van der Waals surface area contributed by atoms with E-state index in [9.17, 15) is 36.0 Å². The molecule has 0 aliphatic heterocycles. The Labute approximate surface area is 222 Å². The summed E-state index contributed by atoms with van der Waals surface area (Å²) in [5, 5.41) is -5.06. The number of carbonyl (C=O) groups excluding carboxylic acids is 3. The minimum absolute atomic E-state index is 0.00340. The summed E-state index contributed by atoms with van der Waals surface area (Å²) >= 11 is 0. The van der Waals surface area contributed by atoms with Gasteiger partial charge in [0.1, 0.15) is 18.2 Å². The fourth-order valence-electron chi connectivity index (χ4n) is 8.74. The van der Waals surface area contributed by atoms with E-state index in [-0.39, 0.29) is 52.6 Å². The largest absolute Gasteiger partial charge is 0.462 e. The van der Waals surface area contributed by atoms with E-state index >= 15 is 0 Å². The van der Waals surface area contributed by atoms with Crippen LogP contribution in [0.2, 0.25) is 0 Å². The SMILES string of the molecule is C[C@H](CCC(=O)OCC(F)C(F)(F)S(=O)(=O)O)[C@H]1CC[C@H]2[C@@H]3C(=O)C[C@@H]4CC(=O)CC[C@]4(C)[C@H]3CC[C@]12C. The maximum absolute atomic E-state index is 13.6. The Morgan fingerprint density at radius 2 is 1.76 bits per heavy atom. The molecule has 0 spiro atoms. The van der Waals surface area contributed by atoms with E-state index in [1.807, 2.05) is 6.92 Å². The molecule has 0 heterocycles. The predicted molar refractivity (Wildman–Crippen MR) is 131 cm³/mol. The Bertz CT molecular complexity index is 1080. The van der Waals surface area contributed by atoms with Gasteiger partial charge in [-0.15, -0.1) is 0 Å². The smallest absolute Gasteiger partial charge is 0.403 e. The van der Waals surface area contributed by atoms with Gasteiger partial charge in [-0.25, -0.2) is 4.39 Å². The average molecular weight is 565 g/mol. The second-order valence-electron chi connectivity index (χ2n) is 12.8. The van der Waals surface area contributed by atoms with Crippen LogP contribution in [0.1, 0.15) is 85.0 Å². The number of ketones is 2. The second kappa shape index (κ2) is 10.2. The van der Waals surface area contributed by atoms with Crippen molar-refractivity contribution < 1.29 is 45.3 Å². The average Bonchev–Trinajstić information content (AvgIpc) is 3.18. The third-order valence-electron chi connectivity index (χ3n) is 10.9. The van der Waals surface area contributed by atoms with Crippen molar-refractivity contribution in [2.45, 2.75) is 96.4 Å². The first-order chi connectivity index (χ1) is 17.5. The van der Waals surface area contributed by atoms with Gasteiger partial charge in [-0.2, -0.15) is 17.2 Å². The quantitative estimate of drug-likeness (QED) is 0.319. The van der Waals surface area contributed by atoms with Crippen LogP contribution in [-0.2, 0) is 29.2 Å². The number of hydrogen-bond donors (Lipinski definition) is 1. The van der Waals surface area contributed by atoms with Crippen molar-refractivity contribution in [3.05, 3.63) is 0 Å². The van der Waals surface area contributed by atoms with E-state index in [0.29, 0.717) is 37.4 Å². The molecule has 1 unspecified atom stereocenters. The third kappa shape index (κ3) is 4.95. The molecule has 11 heteroatoms. The first-order valence-corrected chi connectivity index (χ1v) is 15.1. The number of Topliss-reactive ketones (excluding diaryl/α,β-unsaturated/α-hetero) is 2. The normalized spacial score (nSPS) is 39.1.